The van der Waals surface area contributed by atoms with Gasteiger partial charge in [-0.25, -0.2) is 8.42 Å². The number of anilines is 1. The number of benzene rings is 1. The second-order valence-corrected chi connectivity index (χ2v) is 8.77. The second-order valence-electron chi connectivity index (χ2n) is 6.39. The maximum absolute atomic E-state index is 12.7. The topological polar surface area (TPSA) is 88.5 Å². The van der Waals surface area contributed by atoms with E-state index in [0.29, 0.717) is 23.8 Å². The van der Waals surface area contributed by atoms with Crippen LogP contribution in [-0.4, -0.2) is 36.3 Å². The molecule has 1 saturated heterocycles. The minimum absolute atomic E-state index is 0.00939. The lowest BCUT2D eigenvalue weighted by atomic mass is 10.2. The molecule has 9 heteroatoms. The van der Waals surface area contributed by atoms with Crippen molar-refractivity contribution in [2.45, 2.75) is 30.7 Å². The quantitative estimate of drug-likeness (QED) is 0.821. The highest BCUT2D eigenvalue weighted by molar-refractivity contribution is 7.89. The molecular weight excluding hydrogens is 390 g/mol. The van der Waals surface area contributed by atoms with Crippen molar-refractivity contribution < 1.29 is 13.2 Å². The number of hydrogen-bond acceptors (Lipinski definition) is 4. The normalized spacial score (nSPS) is 16.2. The van der Waals surface area contributed by atoms with Crippen LogP contribution in [0.4, 0.5) is 5.69 Å². The number of nitrogens with zero attached hydrogens (tertiary/aromatic N) is 2. The van der Waals surface area contributed by atoms with Crippen molar-refractivity contribution in [2.75, 3.05) is 18.4 Å². The summed E-state index contributed by atoms with van der Waals surface area (Å²) in [6, 6.07) is 8.13. The predicted molar refractivity (Wildman–Crippen MR) is 103 cm³/mol. The van der Waals surface area contributed by atoms with Gasteiger partial charge in [-0.2, -0.15) is 4.31 Å². The van der Waals surface area contributed by atoms with E-state index >= 15 is 0 Å². The number of nitrogens with one attached hydrogen (secondary N) is 1. The molecule has 2 heterocycles. The third-order valence-electron chi connectivity index (χ3n) is 4.52. The van der Waals surface area contributed by atoms with Gasteiger partial charge in [-0.3, -0.25) is 9.59 Å². The molecule has 1 fully saturated rings. The van der Waals surface area contributed by atoms with Crippen LogP contribution in [-0.2, 0) is 14.8 Å². The highest BCUT2D eigenvalue weighted by Gasteiger charge is 2.28. The van der Waals surface area contributed by atoms with Crippen molar-refractivity contribution in [3.63, 3.8) is 0 Å². The first-order valence-corrected chi connectivity index (χ1v) is 10.4. The molecule has 0 bridgehead atoms. The van der Waals surface area contributed by atoms with E-state index in [1.54, 1.807) is 31.2 Å². The van der Waals surface area contributed by atoms with Gasteiger partial charge in [-0.05, 0) is 50.1 Å². The van der Waals surface area contributed by atoms with Crippen LogP contribution in [0.2, 0.25) is 5.02 Å². The maximum atomic E-state index is 12.7. The number of rotatable bonds is 5. The van der Waals surface area contributed by atoms with Crippen molar-refractivity contribution in [3.8, 4) is 0 Å². The maximum Gasteiger partial charge on any atom is 0.251 e. The number of aromatic nitrogens is 1. The van der Waals surface area contributed by atoms with Crippen molar-refractivity contribution in [1.82, 2.24) is 8.87 Å². The van der Waals surface area contributed by atoms with E-state index in [1.165, 1.54) is 22.6 Å². The summed E-state index contributed by atoms with van der Waals surface area (Å²) >= 11 is 5.82. The van der Waals surface area contributed by atoms with Crippen LogP contribution < -0.4 is 10.9 Å². The lowest BCUT2D eigenvalue weighted by Crippen LogP contribution is -2.33. The zero-order chi connectivity index (χ0) is 19.6. The molecule has 0 aliphatic carbocycles. The van der Waals surface area contributed by atoms with Gasteiger partial charge in [0.25, 0.3) is 5.56 Å². The first kappa shape index (κ1) is 19.6. The van der Waals surface area contributed by atoms with Crippen molar-refractivity contribution in [3.05, 3.63) is 58.0 Å². The summed E-state index contributed by atoms with van der Waals surface area (Å²) in [5.41, 5.74) is 0.0827. The summed E-state index contributed by atoms with van der Waals surface area (Å²) in [6.45, 7) is 2.47. The molecule has 0 spiro atoms. The first-order valence-electron chi connectivity index (χ1n) is 8.58. The van der Waals surface area contributed by atoms with E-state index in [0.717, 1.165) is 17.4 Å². The molecule has 1 aliphatic rings. The predicted octanol–water partition coefficient (Wildman–Crippen LogP) is 2.49. The highest BCUT2D eigenvalue weighted by Crippen LogP contribution is 2.21. The van der Waals surface area contributed by atoms with Crippen LogP contribution in [0.1, 0.15) is 25.8 Å². The lowest BCUT2D eigenvalue weighted by Gasteiger charge is -2.19. The Labute approximate surface area is 162 Å². The van der Waals surface area contributed by atoms with Crippen LogP contribution in [0.25, 0.3) is 0 Å². The molecule has 1 N–H and O–H groups in total. The zero-order valence-electron chi connectivity index (χ0n) is 14.8. The van der Waals surface area contributed by atoms with Gasteiger partial charge in [-0.15, -0.1) is 0 Å². The van der Waals surface area contributed by atoms with E-state index in [2.05, 4.69) is 5.32 Å². The van der Waals surface area contributed by atoms with Crippen LogP contribution in [0.3, 0.4) is 0 Å². The zero-order valence-corrected chi connectivity index (χ0v) is 16.3. The molecule has 144 valence electrons. The Balaban J connectivity index is 1.85. The Morgan fingerprint density at radius 1 is 1.11 bits per heavy atom. The molecule has 1 atom stereocenters. The smallest absolute Gasteiger partial charge is 0.251 e. The van der Waals surface area contributed by atoms with Gasteiger partial charge < -0.3 is 9.88 Å². The molecule has 3 rings (SSSR count). The van der Waals surface area contributed by atoms with Gasteiger partial charge in [0.1, 0.15) is 6.04 Å². The Hall–Kier alpha value is -2.16. The molecule has 0 saturated carbocycles. The molecule has 2 aromatic rings. The fraction of sp³-hybridized carbons (Fsp3) is 0.333. The van der Waals surface area contributed by atoms with Gasteiger partial charge in [0.2, 0.25) is 15.9 Å². The minimum atomic E-state index is -3.67. The molecule has 1 unspecified atom stereocenters. The second kappa shape index (κ2) is 7.84. The van der Waals surface area contributed by atoms with Crippen molar-refractivity contribution in [2.24, 2.45) is 0 Å². The number of hydrogen-bond donors (Lipinski definition) is 1. The van der Waals surface area contributed by atoms with Crippen LogP contribution in [0.15, 0.2) is 52.3 Å². The number of pyridine rings is 1. The van der Waals surface area contributed by atoms with Crippen LogP contribution in [0.5, 0.6) is 0 Å². The Morgan fingerprint density at radius 2 is 1.74 bits per heavy atom. The van der Waals surface area contributed by atoms with Gasteiger partial charge in [0, 0.05) is 36.1 Å². The average molecular weight is 410 g/mol. The fourth-order valence-corrected chi connectivity index (χ4v) is 4.57. The summed E-state index contributed by atoms with van der Waals surface area (Å²) in [4.78, 5) is 24.7. The number of carbonyl (C=O) groups is 1. The van der Waals surface area contributed by atoms with Crippen LogP contribution >= 0.6 is 11.6 Å². The van der Waals surface area contributed by atoms with Crippen LogP contribution in [0, 0.1) is 0 Å². The summed E-state index contributed by atoms with van der Waals surface area (Å²) in [5, 5.41) is 3.23. The number of carbonyl (C=O) groups excluding carboxylic acids is 1. The Bertz CT molecular complexity index is 996. The Morgan fingerprint density at radius 3 is 2.37 bits per heavy atom. The summed E-state index contributed by atoms with van der Waals surface area (Å²) in [6.07, 6.45) is 2.87. The lowest BCUT2D eigenvalue weighted by molar-refractivity contribution is -0.118. The molecule has 1 amide bonds. The highest BCUT2D eigenvalue weighted by atomic mass is 35.5. The monoisotopic (exact) mass is 409 g/mol. The average Bonchev–Trinajstić information content (AvgIpc) is 3.19. The largest absolute Gasteiger partial charge is 0.324 e. The minimum Gasteiger partial charge on any atom is -0.324 e. The molecule has 0 radical (unpaired) electrons. The van der Waals surface area contributed by atoms with Gasteiger partial charge in [-0.1, -0.05) is 11.6 Å². The standard InChI is InChI=1S/C18H20ClN3O4S/c1-13(18(24)20-15-6-4-14(19)5-7-15)22-12-16(8-9-17(22)23)27(25,26)21-10-2-3-11-21/h4-9,12-13H,2-3,10-11H2,1H3,(H,20,24). The van der Waals surface area contributed by atoms with Gasteiger partial charge in [0.05, 0.1) is 4.90 Å². The number of amides is 1. The third kappa shape index (κ3) is 4.23. The van der Waals surface area contributed by atoms with Crippen molar-refractivity contribution >= 4 is 33.2 Å². The number of halogens is 1. The van der Waals surface area contributed by atoms with E-state index in [4.69, 9.17) is 11.6 Å². The van der Waals surface area contributed by atoms with E-state index < -0.39 is 27.5 Å². The number of sulfonamides is 1. The molecule has 1 aromatic heterocycles. The van der Waals surface area contributed by atoms with Gasteiger partial charge >= 0.3 is 0 Å². The van der Waals surface area contributed by atoms with Gasteiger partial charge in [0.15, 0.2) is 0 Å². The first-order chi connectivity index (χ1) is 12.8. The summed E-state index contributed by atoms with van der Waals surface area (Å²) in [5.74, 6) is -0.435. The molecule has 1 aliphatic heterocycles. The third-order valence-corrected chi connectivity index (χ3v) is 6.66. The fourth-order valence-electron chi connectivity index (χ4n) is 2.92. The molecule has 27 heavy (non-hydrogen) atoms. The molecule has 7 nitrogen and oxygen atoms in total. The van der Waals surface area contributed by atoms with E-state index in [1.807, 2.05) is 0 Å². The van der Waals surface area contributed by atoms with E-state index in [9.17, 15) is 18.0 Å². The molecular formula is C18H20ClN3O4S. The Kier molecular flexibility index (Phi) is 5.69. The summed E-state index contributed by atoms with van der Waals surface area (Å²) < 4.78 is 28.0. The van der Waals surface area contributed by atoms with Crippen molar-refractivity contribution in [1.29, 1.82) is 0 Å². The van der Waals surface area contributed by atoms with E-state index in [-0.39, 0.29) is 4.90 Å². The summed E-state index contributed by atoms with van der Waals surface area (Å²) in [7, 11) is -3.67. The molecule has 1 aromatic carbocycles. The SMILES string of the molecule is CC(C(=O)Nc1ccc(Cl)cc1)n1cc(S(=O)(=O)N2CCCC2)ccc1=O.